The lowest BCUT2D eigenvalue weighted by atomic mass is 10.2. The first-order chi connectivity index (χ1) is 5.18. The lowest BCUT2D eigenvalue weighted by Gasteiger charge is -1.93. The Morgan fingerprint density at radius 1 is 1.82 bits per heavy atom. The van der Waals surface area contributed by atoms with Crippen LogP contribution in [-0.4, -0.2) is 14.8 Å². The molecule has 0 aliphatic heterocycles. The predicted molar refractivity (Wildman–Crippen MR) is 48.3 cm³/mol. The maximum absolute atomic E-state index is 5.35. The number of hydrogen-bond donors (Lipinski definition) is 1. The lowest BCUT2D eigenvalue weighted by Crippen LogP contribution is -2.08. The van der Waals surface area contributed by atoms with E-state index in [0.717, 1.165) is 12.8 Å². The summed E-state index contributed by atoms with van der Waals surface area (Å²) in [4.78, 5) is 0.564. The van der Waals surface area contributed by atoms with Crippen molar-refractivity contribution in [2.45, 2.75) is 12.8 Å². The van der Waals surface area contributed by atoms with Crippen molar-refractivity contribution in [1.29, 1.82) is 0 Å². The van der Waals surface area contributed by atoms with Gasteiger partial charge in [-0.25, -0.2) is 0 Å². The van der Waals surface area contributed by atoms with Crippen molar-refractivity contribution in [3.05, 3.63) is 18.0 Å². The minimum absolute atomic E-state index is 0.564. The number of thiocarbonyl (C=S) groups is 1. The molecule has 1 aromatic heterocycles. The molecule has 0 aromatic carbocycles. The number of nitrogens with two attached hydrogens (primary N) is 1. The predicted octanol–water partition coefficient (Wildman–Crippen LogP) is 0.639. The van der Waals surface area contributed by atoms with Gasteiger partial charge in [-0.3, -0.25) is 4.68 Å². The van der Waals surface area contributed by atoms with Gasteiger partial charge < -0.3 is 5.73 Å². The van der Waals surface area contributed by atoms with Crippen LogP contribution in [0.1, 0.15) is 12.0 Å². The molecule has 0 fully saturated rings. The Hall–Kier alpha value is -0.900. The zero-order valence-electron chi connectivity index (χ0n) is 6.45. The summed E-state index contributed by atoms with van der Waals surface area (Å²) in [6, 6.07) is 0. The number of hydrogen-bond acceptors (Lipinski definition) is 2. The average Bonchev–Trinajstić information content (AvgIpc) is 2.31. The van der Waals surface area contributed by atoms with E-state index in [1.807, 2.05) is 19.4 Å². The number of rotatable bonds is 3. The molecule has 1 rings (SSSR count). The second kappa shape index (κ2) is 3.48. The van der Waals surface area contributed by atoms with Crippen LogP contribution in [0.25, 0.3) is 0 Å². The Labute approximate surface area is 71.2 Å². The Kier molecular flexibility index (Phi) is 2.59. The molecule has 0 atom stereocenters. The van der Waals surface area contributed by atoms with Crippen LogP contribution in [0.5, 0.6) is 0 Å². The summed E-state index contributed by atoms with van der Waals surface area (Å²) in [6.45, 7) is 0. The zero-order chi connectivity index (χ0) is 8.27. The van der Waals surface area contributed by atoms with E-state index in [2.05, 4.69) is 5.10 Å². The van der Waals surface area contributed by atoms with Crippen molar-refractivity contribution in [1.82, 2.24) is 9.78 Å². The van der Waals surface area contributed by atoms with Crippen LogP contribution in [0, 0.1) is 0 Å². The van der Waals surface area contributed by atoms with Gasteiger partial charge in [0.1, 0.15) is 0 Å². The summed E-state index contributed by atoms with van der Waals surface area (Å²) >= 11 is 4.75. The highest BCUT2D eigenvalue weighted by atomic mass is 32.1. The third kappa shape index (κ3) is 2.67. The minimum Gasteiger partial charge on any atom is -0.393 e. The Bertz CT molecular complexity index is 254. The highest BCUT2D eigenvalue weighted by Crippen LogP contribution is 2.00. The zero-order valence-corrected chi connectivity index (χ0v) is 7.27. The van der Waals surface area contributed by atoms with Crippen LogP contribution >= 0.6 is 12.2 Å². The van der Waals surface area contributed by atoms with E-state index >= 15 is 0 Å². The normalized spacial score (nSPS) is 9.91. The summed E-state index contributed by atoms with van der Waals surface area (Å²) in [5, 5.41) is 4.03. The molecule has 0 amide bonds. The van der Waals surface area contributed by atoms with Gasteiger partial charge in [-0.1, -0.05) is 12.2 Å². The van der Waals surface area contributed by atoms with Crippen molar-refractivity contribution in [2.75, 3.05) is 0 Å². The van der Waals surface area contributed by atoms with Gasteiger partial charge in [0.05, 0.1) is 11.2 Å². The number of aryl methyl sites for hydroxylation is 2. The molecule has 0 bridgehead atoms. The fourth-order valence-electron chi connectivity index (χ4n) is 0.869. The molecular formula is C7H11N3S. The van der Waals surface area contributed by atoms with Crippen molar-refractivity contribution in [3.63, 3.8) is 0 Å². The molecule has 0 spiro atoms. The topological polar surface area (TPSA) is 43.8 Å². The van der Waals surface area contributed by atoms with Gasteiger partial charge >= 0.3 is 0 Å². The van der Waals surface area contributed by atoms with Crippen LogP contribution in [0.15, 0.2) is 12.4 Å². The Balaban J connectivity index is 2.45. The van der Waals surface area contributed by atoms with E-state index in [4.69, 9.17) is 18.0 Å². The maximum atomic E-state index is 5.35. The Morgan fingerprint density at radius 3 is 3.00 bits per heavy atom. The van der Waals surface area contributed by atoms with Crippen LogP contribution in [-0.2, 0) is 13.5 Å². The Morgan fingerprint density at radius 2 is 2.55 bits per heavy atom. The van der Waals surface area contributed by atoms with Gasteiger partial charge in [-0.2, -0.15) is 5.10 Å². The van der Waals surface area contributed by atoms with E-state index in [-0.39, 0.29) is 0 Å². The summed E-state index contributed by atoms with van der Waals surface area (Å²) in [5.74, 6) is 0. The van der Waals surface area contributed by atoms with E-state index in [1.165, 1.54) is 5.56 Å². The monoisotopic (exact) mass is 169 g/mol. The molecule has 11 heavy (non-hydrogen) atoms. The van der Waals surface area contributed by atoms with Crippen molar-refractivity contribution in [2.24, 2.45) is 12.8 Å². The van der Waals surface area contributed by atoms with Gasteiger partial charge in [-0.15, -0.1) is 0 Å². The highest BCUT2D eigenvalue weighted by Gasteiger charge is 1.96. The molecule has 0 saturated carbocycles. The fourth-order valence-corrected chi connectivity index (χ4v) is 0.971. The number of nitrogens with zero attached hydrogens (tertiary/aromatic N) is 2. The first kappa shape index (κ1) is 8.20. The summed E-state index contributed by atoms with van der Waals surface area (Å²) in [6.07, 6.45) is 5.46. The molecule has 60 valence electrons. The molecule has 0 aliphatic carbocycles. The van der Waals surface area contributed by atoms with E-state index in [9.17, 15) is 0 Å². The van der Waals surface area contributed by atoms with E-state index in [0.29, 0.717) is 4.99 Å². The summed E-state index contributed by atoms with van der Waals surface area (Å²) < 4.78 is 1.77. The first-order valence-electron chi connectivity index (χ1n) is 3.44. The third-order valence-electron chi connectivity index (χ3n) is 1.42. The van der Waals surface area contributed by atoms with Crippen LogP contribution in [0.3, 0.4) is 0 Å². The molecule has 0 aliphatic rings. The summed E-state index contributed by atoms with van der Waals surface area (Å²) in [7, 11) is 1.89. The molecule has 1 heterocycles. The number of aromatic nitrogens is 2. The lowest BCUT2D eigenvalue weighted by molar-refractivity contribution is 0.767. The second-order valence-corrected chi connectivity index (χ2v) is 3.01. The molecule has 1 aromatic rings. The quantitative estimate of drug-likeness (QED) is 0.675. The molecule has 0 radical (unpaired) electrons. The summed E-state index contributed by atoms with van der Waals surface area (Å²) in [5.41, 5.74) is 6.53. The average molecular weight is 169 g/mol. The van der Waals surface area contributed by atoms with Crippen molar-refractivity contribution >= 4 is 17.2 Å². The highest BCUT2D eigenvalue weighted by molar-refractivity contribution is 7.80. The van der Waals surface area contributed by atoms with Gasteiger partial charge in [0, 0.05) is 19.7 Å². The van der Waals surface area contributed by atoms with E-state index in [1.54, 1.807) is 4.68 Å². The fraction of sp³-hybridized carbons (Fsp3) is 0.429. The molecule has 0 saturated heterocycles. The molecule has 3 nitrogen and oxygen atoms in total. The van der Waals surface area contributed by atoms with Crippen molar-refractivity contribution in [3.8, 4) is 0 Å². The van der Waals surface area contributed by atoms with Crippen LogP contribution < -0.4 is 5.73 Å². The van der Waals surface area contributed by atoms with Gasteiger partial charge in [0.25, 0.3) is 0 Å². The second-order valence-electron chi connectivity index (χ2n) is 2.49. The standard InChI is InChI=1S/C7H11N3S/c1-10-5-6(4-9-10)2-3-7(8)11/h4-5H,2-3H2,1H3,(H2,8,11). The maximum Gasteiger partial charge on any atom is 0.0730 e. The molecular weight excluding hydrogens is 158 g/mol. The SMILES string of the molecule is Cn1cc(CCC(N)=S)cn1. The van der Waals surface area contributed by atoms with Crippen LogP contribution in [0.4, 0.5) is 0 Å². The minimum atomic E-state index is 0.564. The van der Waals surface area contributed by atoms with Crippen LogP contribution in [0.2, 0.25) is 0 Å². The van der Waals surface area contributed by atoms with Gasteiger partial charge in [0.2, 0.25) is 0 Å². The molecule has 0 unspecified atom stereocenters. The smallest absolute Gasteiger partial charge is 0.0730 e. The van der Waals surface area contributed by atoms with E-state index < -0.39 is 0 Å². The largest absolute Gasteiger partial charge is 0.393 e. The first-order valence-corrected chi connectivity index (χ1v) is 3.85. The van der Waals surface area contributed by atoms with Gasteiger partial charge in [0.15, 0.2) is 0 Å². The van der Waals surface area contributed by atoms with Crippen molar-refractivity contribution < 1.29 is 0 Å². The molecule has 2 N–H and O–H groups in total. The third-order valence-corrected chi connectivity index (χ3v) is 1.62. The molecule has 4 heteroatoms. The van der Waals surface area contributed by atoms with Gasteiger partial charge in [-0.05, 0) is 12.0 Å².